The summed E-state index contributed by atoms with van der Waals surface area (Å²) < 4.78 is 0. The fraction of sp³-hybridized carbons (Fsp3) is 0.632. The van der Waals surface area contributed by atoms with Crippen LogP contribution in [0.2, 0.25) is 0 Å². The summed E-state index contributed by atoms with van der Waals surface area (Å²) in [6, 6.07) is 8.48. The van der Waals surface area contributed by atoms with E-state index in [0.29, 0.717) is 5.92 Å². The van der Waals surface area contributed by atoms with E-state index >= 15 is 0 Å². The minimum absolute atomic E-state index is 0.00575. The average Bonchev–Trinajstić information content (AvgIpc) is 2.54. The highest BCUT2D eigenvalue weighted by atomic mass is 16.3. The molecule has 23 heavy (non-hydrogen) atoms. The van der Waals surface area contributed by atoms with Gasteiger partial charge in [-0.05, 0) is 42.2 Å². The van der Waals surface area contributed by atoms with Gasteiger partial charge >= 0.3 is 6.03 Å². The summed E-state index contributed by atoms with van der Waals surface area (Å²) in [5.41, 5.74) is 2.56. The molecule has 4 nitrogen and oxygen atoms in total. The van der Waals surface area contributed by atoms with Gasteiger partial charge < -0.3 is 15.3 Å². The number of piperidine rings is 1. The van der Waals surface area contributed by atoms with Crippen LogP contribution in [-0.2, 0) is 5.41 Å². The minimum Gasteiger partial charge on any atom is -0.396 e. The van der Waals surface area contributed by atoms with Gasteiger partial charge in [0.1, 0.15) is 0 Å². The first-order valence-electron chi connectivity index (χ1n) is 8.58. The smallest absolute Gasteiger partial charge is 0.317 e. The van der Waals surface area contributed by atoms with Gasteiger partial charge in [0.25, 0.3) is 0 Å². The molecule has 0 saturated carbocycles. The maximum absolute atomic E-state index is 12.4. The molecule has 0 bridgehead atoms. The number of urea groups is 1. The molecule has 4 heteroatoms. The summed E-state index contributed by atoms with van der Waals surface area (Å²) in [5, 5.41) is 12.3. The normalized spacial score (nSPS) is 17.9. The average molecular weight is 318 g/mol. The van der Waals surface area contributed by atoms with Crippen LogP contribution < -0.4 is 5.32 Å². The molecule has 128 valence electrons. The number of aliphatic hydroxyl groups is 1. The summed E-state index contributed by atoms with van der Waals surface area (Å²) in [4.78, 5) is 14.2. The number of hydrogen-bond acceptors (Lipinski definition) is 2. The molecule has 1 heterocycles. The predicted octanol–water partition coefficient (Wildman–Crippen LogP) is 3.46. The number of nitrogens with zero attached hydrogens (tertiary/aromatic N) is 1. The lowest BCUT2D eigenvalue weighted by Crippen LogP contribution is -2.45. The van der Waals surface area contributed by atoms with Crippen LogP contribution in [0.5, 0.6) is 0 Å². The van der Waals surface area contributed by atoms with Crippen LogP contribution in [0.15, 0.2) is 24.3 Å². The Kier molecular flexibility index (Phi) is 5.69. The molecular formula is C19H30N2O2. The maximum Gasteiger partial charge on any atom is 0.317 e. The summed E-state index contributed by atoms with van der Waals surface area (Å²) >= 11 is 0. The summed E-state index contributed by atoms with van der Waals surface area (Å²) in [5.74, 6) is 0.349. The molecule has 1 unspecified atom stereocenters. The second-order valence-corrected chi connectivity index (χ2v) is 7.66. The van der Waals surface area contributed by atoms with Crippen molar-refractivity contribution in [3.05, 3.63) is 35.4 Å². The minimum atomic E-state index is -0.00733. The molecule has 1 aliphatic rings. The van der Waals surface area contributed by atoms with Crippen molar-refractivity contribution in [1.82, 2.24) is 10.2 Å². The Labute approximate surface area is 139 Å². The number of amides is 2. The first-order chi connectivity index (χ1) is 10.8. The van der Waals surface area contributed by atoms with Crippen molar-refractivity contribution >= 4 is 6.03 Å². The zero-order chi connectivity index (χ0) is 17.0. The van der Waals surface area contributed by atoms with Crippen LogP contribution in [0.4, 0.5) is 4.79 Å². The van der Waals surface area contributed by atoms with E-state index in [-0.39, 0.29) is 24.1 Å². The Morgan fingerprint density at radius 3 is 2.30 bits per heavy atom. The second-order valence-electron chi connectivity index (χ2n) is 7.66. The van der Waals surface area contributed by atoms with Gasteiger partial charge in [-0.3, -0.25) is 0 Å². The van der Waals surface area contributed by atoms with Gasteiger partial charge in [0.05, 0.1) is 6.04 Å². The molecular weight excluding hydrogens is 288 g/mol. The molecule has 1 fully saturated rings. The van der Waals surface area contributed by atoms with Crippen LogP contribution in [0.3, 0.4) is 0 Å². The molecule has 1 atom stereocenters. The zero-order valence-electron chi connectivity index (χ0n) is 14.8. The van der Waals surface area contributed by atoms with Crippen molar-refractivity contribution in [2.45, 2.75) is 52.0 Å². The fourth-order valence-corrected chi connectivity index (χ4v) is 2.95. The Morgan fingerprint density at radius 1 is 1.26 bits per heavy atom. The summed E-state index contributed by atoms with van der Waals surface area (Å²) in [6.45, 7) is 10.3. The molecule has 2 rings (SSSR count). The van der Waals surface area contributed by atoms with E-state index in [4.69, 9.17) is 0 Å². The number of carbonyl (C=O) groups excluding carboxylic acids is 1. The first-order valence-corrected chi connectivity index (χ1v) is 8.58. The number of hydrogen-bond donors (Lipinski definition) is 2. The lowest BCUT2D eigenvalue weighted by Gasteiger charge is -2.32. The Morgan fingerprint density at radius 2 is 1.83 bits per heavy atom. The van der Waals surface area contributed by atoms with E-state index in [0.717, 1.165) is 31.5 Å². The van der Waals surface area contributed by atoms with Gasteiger partial charge in [-0.15, -0.1) is 0 Å². The van der Waals surface area contributed by atoms with Gasteiger partial charge in [0, 0.05) is 19.7 Å². The Hall–Kier alpha value is -1.55. The van der Waals surface area contributed by atoms with E-state index in [1.165, 1.54) is 5.56 Å². The zero-order valence-corrected chi connectivity index (χ0v) is 14.8. The molecule has 0 aromatic heterocycles. The molecule has 1 aliphatic heterocycles. The lowest BCUT2D eigenvalue weighted by atomic mass is 9.86. The van der Waals surface area contributed by atoms with Crippen LogP contribution >= 0.6 is 0 Å². The molecule has 1 saturated heterocycles. The largest absolute Gasteiger partial charge is 0.396 e. The highest BCUT2D eigenvalue weighted by molar-refractivity contribution is 5.74. The number of aliphatic hydroxyl groups excluding tert-OH is 1. The molecule has 0 aliphatic carbocycles. The number of benzene rings is 1. The van der Waals surface area contributed by atoms with E-state index in [2.05, 4.69) is 50.4 Å². The molecule has 0 radical (unpaired) electrons. The Balaban J connectivity index is 1.91. The van der Waals surface area contributed by atoms with Gasteiger partial charge in [-0.2, -0.15) is 0 Å². The number of carbonyl (C=O) groups is 1. The molecule has 2 amide bonds. The van der Waals surface area contributed by atoms with Crippen LogP contribution in [-0.4, -0.2) is 35.7 Å². The molecule has 0 spiro atoms. The van der Waals surface area contributed by atoms with Gasteiger partial charge in [-0.1, -0.05) is 45.0 Å². The van der Waals surface area contributed by atoms with E-state index in [9.17, 15) is 9.90 Å². The van der Waals surface area contributed by atoms with Gasteiger partial charge in [0.2, 0.25) is 0 Å². The highest BCUT2D eigenvalue weighted by Gasteiger charge is 2.23. The van der Waals surface area contributed by atoms with Crippen molar-refractivity contribution in [1.29, 1.82) is 0 Å². The molecule has 2 N–H and O–H groups in total. The first kappa shape index (κ1) is 17.8. The van der Waals surface area contributed by atoms with Crippen LogP contribution in [0.25, 0.3) is 0 Å². The van der Waals surface area contributed by atoms with Crippen molar-refractivity contribution in [2.75, 3.05) is 19.7 Å². The highest BCUT2D eigenvalue weighted by Crippen LogP contribution is 2.24. The van der Waals surface area contributed by atoms with Crippen molar-refractivity contribution in [3.63, 3.8) is 0 Å². The standard InChI is InChI=1S/C19H30N2O2/c1-14(16-5-7-17(8-6-16)19(2,3)4)20-18(23)21-11-9-15(13-22)10-12-21/h5-8,14-15,22H,9-13H2,1-4H3,(H,20,23). The van der Waals surface area contributed by atoms with Crippen molar-refractivity contribution < 1.29 is 9.90 Å². The molecule has 1 aromatic rings. The van der Waals surface area contributed by atoms with E-state index in [1.54, 1.807) is 0 Å². The van der Waals surface area contributed by atoms with Crippen LogP contribution in [0, 0.1) is 5.92 Å². The fourth-order valence-electron chi connectivity index (χ4n) is 2.95. The quantitative estimate of drug-likeness (QED) is 0.897. The Bertz CT molecular complexity index is 511. The SMILES string of the molecule is CC(NC(=O)N1CCC(CO)CC1)c1ccc(C(C)(C)C)cc1. The number of nitrogens with one attached hydrogen (secondary N) is 1. The van der Waals surface area contributed by atoms with Gasteiger partial charge in [0.15, 0.2) is 0 Å². The number of rotatable bonds is 3. The monoisotopic (exact) mass is 318 g/mol. The number of likely N-dealkylation sites (tertiary alicyclic amines) is 1. The maximum atomic E-state index is 12.4. The van der Waals surface area contributed by atoms with Crippen molar-refractivity contribution in [3.8, 4) is 0 Å². The topological polar surface area (TPSA) is 52.6 Å². The third kappa shape index (κ3) is 4.71. The third-order valence-corrected chi connectivity index (χ3v) is 4.78. The summed E-state index contributed by atoms with van der Waals surface area (Å²) in [7, 11) is 0. The third-order valence-electron chi connectivity index (χ3n) is 4.78. The summed E-state index contributed by atoms with van der Waals surface area (Å²) in [6.07, 6.45) is 1.77. The van der Waals surface area contributed by atoms with Gasteiger partial charge in [-0.25, -0.2) is 4.79 Å². The van der Waals surface area contributed by atoms with Crippen molar-refractivity contribution in [2.24, 2.45) is 5.92 Å². The predicted molar refractivity (Wildman–Crippen MR) is 93.5 cm³/mol. The second kappa shape index (κ2) is 7.35. The van der Waals surface area contributed by atoms with E-state index < -0.39 is 0 Å². The lowest BCUT2D eigenvalue weighted by molar-refractivity contribution is 0.136. The molecule has 1 aromatic carbocycles. The van der Waals surface area contributed by atoms with E-state index in [1.807, 2.05) is 11.8 Å². The van der Waals surface area contributed by atoms with Crippen LogP contribution in [0.1, 0.15) is 57.7 Å².